The van der Waals surface area contributed by atoms with Crippen molar-refractivity contribution in [2.75, 3.05) is 33.3 Å². The summed E-state index contributed by atoms with van der Waals surface area (Å²) in [5.74, 6) is 4.25. The molecule has 0 fully saturated rings. The fourth-order valence-electron chi connectivity index (χ4n) is 1.56. The summed E-state index contributed by atoms with van der Waals surface area (Å²) in [5.41, 5.74) is 0.590. The smallest absolute Gasteiger partial charge is 0.252 e. The Hall–Kier alpha value is -1.90. The molecule has 0 aliphatic heterocycles. The van der Waals surface area contributed by atoms with Crippen LogP contribution in [-0.2, 0) is 0 Å². The van der Waals surface area contributed by atoms with E-state index in [9.17, 15) is 9.18 Å². The predicted octanol–water partition coefficient (Wildman–Crippen LogP) is 0.851. The average Bonchev–Trinajstić information content (AvgIpc) is 2.45. The van der Waals surface area contributed by atoms with Crippen molar-refractivity contribution in [3.8, 4) is 11.8 Å². The van der Waals surface area contributed by atoms with Gasteiger partial charge in [0.05, 0.1) is 5.56 Å². The van der Waals surface area contributed by atoms with E-state index in [0.29, 0.717) is 12.1 Å². The maximum absolute atomic E-state index is 13.2. The van der Waals surface area contributed by atoms with Gasteiger partial charge >= 0.3 is 0 Å². The molecule has 5 heteroatoms. The van der Waals surface area contributed by atoms with E-state index < -0.39 is 5.82 Å². The quantitative estimate of drug-likeness (QED) is 0.785. The van der Waals surface area contributed by atoms with Crippen LogP contribution in [0.25, 0.3) is 0 Å². The molecule has 0 aliphatic carbocycles. The Kier molecular flexibility index (Phi) is 6.71. The minimum atomic E-state index is -0.490. The van der Waals surface area contributed by atoms with Crippen LogP contribution in [0.2, 0.25) is 0 Å². The first kappa shape index (κ1) is 16.2. The lowest BCUT2D eigenvalue weighted by Crippen LogP contribution is -2.33. The molecule has 4 nitrogen and oxygen atoms in total. The number of amides is 1. The molecule has 1 aromatic rings. The molecule has 0 saturated carbocycles. The van der Waals surface area contributed by atoms with Gasteiger partial charge in [-0.15, -0.1) is 0 Å². The standard InChI is InChI=1S/C15H19FN2O2/c1-3-18(2)9-8-17-15(20)14-11-13(16)7-6-12(14)5-4-10-19/h6-7,11,19H,3,8-10H2,1-2H3,(H,17,20). The van der Waals surface area contributed by atoms with E-state index in [1.165, 1.54) is 12.1 Å². The molecule has 0 saturated heterocycles. The Balaban J connectivity index is 2.78. The number of carbonyl (C=O) groups is 1. The number of hydrogen-bond donors (Lipinski definition) is 2. The Bertz CT molecular complexity index is 520. The summed E-state index contributed by atoms with van der Waals surface area (Å²) < 4.78 is 13.2. The van der Waals surface area contributed by atoms with Crippen molar-refractivity contribution in [1.82, 2.24) is 10.2 Å². The van der Waals surface area contributed by atoms with E-state index in [-0.39, 0.29) is 18.1 Å². The molecular weight excluding hydrogens is 259 g/mol. The number of nitrogens with zero attached hydrogens (tertiary/aromatic N) is 1. The zero-order valence-corrected chi connectivity index (χ0v) is 11.7. The molecule has 1 aromatic carbocycles. The van der Waals surface area contributed by atoms with Crippen molar-refractivity contribution in [2.45, 2.75) is 6.92 Å². The van der Waals surface area contributed by atoms with Crippen molar-refractivity contribution in [2.24, 2.45) is 0 Å². The fraction of sp³-hybridized carbons (Fsp3) is 0.400. The molecule has 0 spiro atoms. The molecule has 1 amide bonds. The Morgan fingerprint density at radius 1 is 1.50 bits per heavy atom. The zero-order chi connectivity index (χ0) is 15.0. The second kappa shape index (κ2) is 8.31. The van der Waals surface area contributed by atoms with Gasteiger partial charge in [0.2, 0.25) is 0 Å². The van der Waals surface area contributed by atoms with Gasteiger partial charge in [0, 0.05) is 18.7 Å². The summed E-state index contributed by atoms with van der Waals surface area (Å²) >= 11 is 0. The number of aliphatic hydroxyl groups excluding tert-OH is 1. The molecule has 0 aromatic heterocycles. The molecule has 0 aliphatic rings. The van der Waals surface area contributed by atoms with Crippen molar-refractivity contribution >= 4 is 5.91 Å². The summed E-state index contributed by atoms with van der Waals surface area (Å²) in [6, 6.07) is 3.83. The second-order valence-corrected chi connectivity index (χ2v) is 4.30. The summed E-state index contributed by atoms with van der Waals surface area (Å²) in [6.45, 7) is 3.81. The molecule has 0 unspecified atom stereocenters. The average molecular weight is 278 g/mol. The van der Waals surface area contributed by atoms with E-state index in [0.717, 1.165) is 19.2 Å². The summed E-state index contributed by atoms with van der Waals surface area (Å²) in [4.78, 5) is 14.1. The highest BCUT2D eigenvalue weighted by Crippen LogP contribution is 2.10. The zero-order valence-electron chi connectivity index (χ0n) is 11.7. The largest absolute Gasteiger partial charge is 0.384 e. The third-order valence-corrected chi connectivity index (χ3v) is 2.85. The third-order valence-electron chi connectivity index (χ3n) is 2.85. The Morgan fingerprint density at radius 2 is 2.25 bits per heavy atom. The van der Waals surface area contributed by atoms with Crippen molar-refractivity contribution in [1.29, 1.82) is 0 Å². The van der Waals surface area contributed by atoms with Gasteiger partial charge in [0.25, 0.3) is 5.91 Å². The third kappa shape index (κ3) is 5.00. The van der Waals surface area contributed by atoms with Crippen LogP contribution in [-0.4, -0.2) is 49.2 Å². The van der Waals surface area contributed by atoms with Crippen LogP contribution in [0, 0.1) is 17.7 Å². The highest BCUT2D eigenvalue weighted by molar-refractivity contribution is 5.96. The van der Waals surface area contributed by atoms with E-state index in [1.807, 2.05) is 14.0 Å². The van der Waals surface area contributed by atoms with Crippen LogP contribution in [0.5, 0.6) is 0 Å². The number of benzene rings is 1. The minimum absolute atomic E-state index is 0.185. The van der Waals surface area contributed by atoms with Crippen LogP contribution in [0.1, 0.15) is 22.8 Å². The normalized spacial score (nSPS) is 10.1. The molecular formula is C15H19FN2O2. The lowest BCUT2D eigenvalue weighted by molar-refractivity contribution is 0.0949. The van der Waals surface area contributed by atoms with Crippen molar-refractivity contribution < 1.29 is 14.3 Å². The molecule has 1 rings (SSSR count). The number of likely N-dealkylation sites (N-methyl/N-ethyl adjacent to an activating group) is 1. The molecule has 0 radical (unpaired) electrons. The van der Waals surface area contributed by atoms with E-state index in [4.69, 9.17) is 5.11 Å². The number of aliphatic hydroxyl groups is 1. The molecule has 0 bridgehead atoms. The van der Waals surface area contributed by atoms with Gasteiger partial charge in [-0.3, -0.25) is 4.79 Å². The number of carbonyl (C=O) groups excluding carboxylic acids is 1. The van der Waals surface area contributed by atoms with Crippen LogP contribution in [0.15, 0.2) is 18.2 Å². The lowest BCUT2D eigenvalue weighted by atomic mass is 10.1. The number of hydrogen-bond acceptors (Lipinski definition) is 3. The summed E-state index contributed by atoms with van der Waals surface area (Å²) in [7, 11) is 1.95. The van der Waals surface area contributed by atoms with Crippen LogP contribution >= 0.6 is 0 Å². The number of rotatable bonds is 5. The summed E-state index contributed by atoms with van der Waals surface area (Å²) in [5, 5.41) is 11.4. The van der Waals surface area contributed by atoms with E-state index in [1.54, 1.807) is 0 Å². The highest BCUT2D eigenvalue weighted by Gasteiger charge is 2.11. The van der Waals surface area contributed by atoms with Gasteiger partial charge in [-0.2, -0.15) is 0 Å². The van der Waals surface area contributed by atoms with E-state index in [2.05, 4.69) is 22.1 Å². The molecule has 108 valence electrons. The molecule has 0 atom stereocenters. The highest BCUT2D eigenvalue weighted by atomic mass is 19.1. The van der Waals surface area contributed by atoms with Gasteiger partial charge in [-0.25, -0.2) is 4.39 Å². The fourth-order valence-corrected chi connectivity index (χ4v) is 1.56. The molecule has 0 heterocycles. The van der Waals surface area contributed by atoms with Crippen molar-refractivity contribution in [3.05, 3.63) is 35.1 Å². The van der Waals surface area contributed by atoms with Gasteiger partial charge in [0.15, 0.2) is 0 Å². The van der Waals surface area contributed by atoms with Gasteiger partial charge in [-0.05, 0) is 31.8 Å². The minimum Gasteiger partial charge on any atom is -0.384 e. The Labute approximate surface area is 118 Å². The van der Waals surface area contributed by atoms with Crippen LogP contribution < -0.4 is 5.32 Å². The molecule has 20 heavy (non-hydrogen) atoms. The lowest BCUT2D eigenvalue weighted by Gasteiger charge is -2.14. The van der Waals surface area contributed by atoms with Gasteiger partial charge in [-0.1, -0.05) is 18.8 Å². The van der Waals surface area contributed by atoms with Crippen LogP contribution in [0.3, 0.4) is 0 Å². The topological polar surface area (TPSA) is 52.6 Å². The molecule has 2 N–H and O–H groups in total. The maximum atomic E-state index is 13.2. The van der Waals surface area contributed by atoms with Gasteiger partial charge in [0.1, 0.15) is 12.4 Å². The maximum Gasteiger partial charge on any atom is 0.252 e. The van der Waals surface area contributed by atoms with E-state index >= 15 is 0 Å². The van der Waals surface area contributed by atoms with Crippen LogP contribution in [0.4, 0.5) is 4.39 Å². The number of nitrogens with one attached hydrogen (secondary N) is 1. The second-order valence-electron chi connectivity index (χ2n) is 4.30. The SMILES string of the molecule is CCN(C)CCNC(=O)c1cc(F)ccc1C#CCO. The van der Waals surface area contributed by atoms with Gasteiger partial charge < -0.3 is 15.3 Å². The number of halogens is 1. The summed E-state index contributed by atoms with van der Waals surface area (Å²) in [6.07, 6.45) is 0. The first-order valence-electron chi connectivity index (χ1n) is 6.44. The van der Waals surface area contributed by atoms with Crippen molar-refractivity contribution in [3.63, 3.8) is 0 Å². The first-order valence-corrected chi connectivity index (χ1v) is 6.44. The monoisotopic (exact) mass is 278 g/mol. The predicted molar refractivity (Wildman–Crippen MR) is 75.9 cm³/mol. The Morgan fingerprint density at radius 3 is 2.90 bits per heavy atom. The first-order chi connectivity index (χ1) is 9.58.